The summed E-state index contributed by atoms with van der Waals surface area (Å²) < 4.78 is 5.29. The van der Waals surface area contributed by atoms with Gasteiger partial charge in [0.2, 0.25) is 0 Å². The smallest absolute Gasteiger partial charge is 0.263 e. The second-order valence-electron chi connectivity index (χ2n) is 4.65. The summed E-state index contributed by atoms with van der Waals surface area (Å²) in [5.41, 5.74) is 2.43. The molecule has 20 heavy (non-hydrogen) atoms. The van der Waals surface area contributed by atoms with Crippen LogP contribution in [0.15, 0.2) is 10.9 Å². The molecule has 0 aliphatic carbocycles. The SMILES string of the molecule is Cc1cc(C(=O)NCc2snnc2C)c(=O)n(C)c1C. The summed E-state index contributed by atoms with van der Waals surface area (Å²) >= 11 is 1.24. The van der Waals surface area contributed by atoms with E-state index in [4.69, 9.17) is 0 Å². The molecule has 0 atom stereocenters. The lowest BCUT2D eigenvalue weighted by atomic mass is 10.1. The van der Waals surface area contributed by atoms with E-state index < -0.39 is 0 Å². The van der Waals surface area contributed by atoms with Gasteiger partial charge in [0.15, 0.2) is 0 Å². The molecular weight excluding hydrogens is 276 g/mol. The van der Waals surface area contributed by atoms with Crippen LogP contribution in [0.2, 0.25) is 0 Å². The van der Waals surface area contributed by atoms with Crippen LogP contribution in [-0.2, 0) is 13.6 Å². The summed E-state index contributed by atoms with van der Waals surface area (Å²) in [5.74, 6) is -0.374. The van der Waals surface area contributed by atoms with E-state index in [0.29, 0.717) is 6.54 Å². The standard InChI is InChI=1S/C13H16N4O2S/c1-7-5-10(13(19)17(4)9(7)3)12(18)14-6-11-8(2)15-16-20-11/h5H,6H2,1-4H3,(H,14,18). The molecule has 2 heterocycles. The highest BCUT2D eigenvalue weighted by Crippen LogP contribution is 2.09. The molecule has 6 nitrogen and oxygen atoms in total. The maximum atomic E-state index is 12.1. The van der Waals surface area contributed by atoms with Crippen molar-refractivity contribution in [3.8, 4) is 0 Å². The fraction of sp³-hybridized carbons (Fsp3) is 0.385. The number of carbonyl (C=O) groups excluding carboxylic acids is 1. The minimum absolute atomic E-state index is 0.158. The summed E-state index contributed by atoms with van der Waals surface area (Å²) in [6, 6.07) is 1.63. The lowest BCUT2D eigenvalue weighted by molar-refractivity contribution is 0.0949. The molecule has 0 spiro atoms. The van der Waals surface area contributed by atoms with Gasteiger partial charge in [0.05, 0.1) is 17.1 Å². The predicted molar refractivity (Wildman–Crippen MR) is 77.0 cm³/mol. The number of aryl methyl sites for hydroxylation is 2. The highest BCUT2D eigenvalue weighted by Gasteiger charge is 2.15. The zero-order valence-electron chi connectivity index (χ0n) is 11.9. The first kappa shape index (κ1) is 14.4. The highest BCUT2D eigenvalue weighted by atomic mass is 32.1. The van der Waals surface area contributed by atoms with Crippen molar-refractivity contribution in [1.29, 1.82) is 0 Å². The van der Waals surface area contributed by atoms with Gasteiger partial charge in [-0.2, -0.15) is 0 Å². The van der Waals surface area contributed by atoms with Gasteiger partial charge < -0.3 is 9.88 Å². The first-order valence-electron chi connectivity index (χ1n) is 6.15. The molecule has 1 amide bonds. The number of carbonyl (C=O) groups is 1. The van der Waals surface area contributed by atoms with Crippen molar-refractivity contribution in [3.63, 3.8) is 0 Å². The molecule has 1 N–H and O–H groups in total. The largest absolute Gasteiger partial charge is 0.347 e. The van der Waals surface area contributed by atoms with Crippen molar-refractivity contribution in [3.05, 3.63) is 43.8 Å². The zero-order valence-corrected chi connectivity index (χ0v) is 12.7. The molecule has 0 radical (unpaired) electrons. The predicted octanol–water partition coefficient (Wildman–Crippen LogP) is 1.09. The summed E-state index contributed by atoms with van der Waals surface area (Å²) in [4.78, 5) is 25.1. The van der Waals surface area contributed by atoms with Gasteiger partial charge in [-0.3, -0.25) is 9.59 Å². The topological polar surface area (TPSA) is 76.9 Å². The summed E-state index contributed by atoms with van der Waals surface area (Å²) in [5, 5.41) is 6.61. The van der Waals surface area contributed by atoms with Crippen molar-refractivity contribution < 1.29 is 4.79 Å². The number of nitrogens with one attached hydrogen (secondary N) is 1. The van der Waals surface area contributed by atoms with Crippen LogP contribution in [-0.4, -0.2) is 20.1 Å². The van der Waals surface area contributed by atoms with E-state index in [1.165, 1.54) is 16.1 Å². The van der Waals surface area contributed by atoms with Gasteiger partial charge in [-0.05, 0) is 43.9 Å². The Hall–Kier alpha value is -2.02. The quantitative estimate of drug-likeness (QED) is 0.918. The molecule has 2 aromatic heterocycles. The first-order chi connectivity index (χ1) is 9.41. The van der Waals surface area contributed by atoms with Gasteiger partial charge in [0.25, 0.3) is 11.5 Å². The summed E-state index contributed by atoms with van der Waals surface area (Å²) in [6.07, 6.45) is 0. The van der Waals surface area contributed by atoms with E-state index in [0.717, 1.165) is 21.8 Å². The van der Waals surface area contributed by atoms with Crippen LogP contribution in [0.3, 0.4) is 0 Å². The summed E-state index contributed by atoms with van der Waals surface area (Å²) in [6.45, 7) is 5.89. The maximum Gasteiger partial charge on any atom is 0.263 e. The van der Waals surface area contributed by atoms with E-state index in [9.17, 15) is 9.59 Å². The van der Waals surface area contributed by atoms with E-state index in [-0.39, 0.29) is 17.0 Å². The highest BCUT2D eigenvalue weighted by molar-refractivity contribution is 7.05. The van der Waals surface area contributed by atoms with Crippen LogP contribution in [0.5, 0.6) is 0 Å². The van der Waals surface area contributed by atoms with E-state index in [1.807, 2.05) is 20.8 Å². The Bertz CT molecular complexity index is 718. The average molecular weight is 292 g/mol. The van der Waals surface area contributed by atoms with E-state index in [1.54, 1.807) is 13.1 Å². The number of hydrogen-bond acceptors (Lipinski definition) is 5. The van der Waals surface area contributed by atoms with Crippen LogP contribution in [0.1, 0.15) is 32.2 Å². The second-order valence-corrected chi connectivity index (χ2v) is 5.49. The number of rotatable bonds is 3. The molecule has 0 saturated heterocycles. The van der Waals surface area contributed by atoms with Gasteiger partial charge in [0, 0.05) is 12.7 Å². The minimum Gasteiger partial charge on any atom is -0.347 e. The molecule has 0 aromatic carbocycles. The molecule has 2 rings (SSSR count). The molecule has 2 aromatic rings. The molecule has 0 aliphatic rings. The Balaban J connectivity index is 2.22. The molecule has 0 unspecified atom stereocenters. The second kappa shape index (κ2) is 5.54. The first-order valence-corrected chi connectivity index (χ1v) is 6.92. The van der Waals surface area contributed by atoms with Crippen LogP contribution in [0.25, 0.3) is 0 Å². The van der Waals surface area contributed by atoms with Crippen LogP contribution in [0.4, 0.5) is 0 Å². The molecule has 0 bridgehead atoms. The van der Waals surface area contributed by atoms with Gasteiger partial charge in [-0.25, -0.2) is 0 Å². The number of pyridine rings is 1. The van der Waals surface area contributed by atoms with Gasteiger partial charge in [-0.1, -0.05) is 4.49 Å². The molecule has 0 fully saturated rings. The third kappa shape index (κ3) is 2.62. The molecular formula is C13H16N4O2S. The molecule has 106 valence electrons. The number of aromatic nitrogens is 3. The Morgan fingerprint density at radius 3 is 2.70 bits per heavy atom. The third-order valence-electron chi connectivity index (χ3n) is 3.37. The van der Waals surface area contributed by atoms with Crippen LogP contribution >= 0.6 is 11.5 Å². The Morgan fingerprint density at radius 1 is 1.40 bits per heavy atom. The fourth-order valence-corrected chi connectivity index (χ4v) is 2.38. The lowest BCUT2D eigenvalue weighted by Gasteiger charge is -2.10. The average Bonchev–Trinajstić information content (AvgIpc) is 2.83. The molecule has 0 saturated carbocycles. The summed E-state index contributed by atoms with van der Waals surface area (Å²) in [7, 11) is 1.67. The fourth-order valence-electron chi connectivity index (χ4n) is 1.81. The number of hydrogen-bond donors (Lipinski definition) is 1. The Morgan fingerprint density at radius 2 is 2.10 bits per heavy atom. The monoisotopic (exact) mass is 292 g/mol. The van der Waals surface area contributed by atoms with E-state index >= 15 is 0 Å². The van der Waals surface area contributed by atoms with Gasteiger partial charge >= 0.3 is 0 Å². The maximum absolute atomic E-state index is 12.1. The normalized spacial score (nSPS) is 10.6. The number of amides is 1. The lowest BCUT2D eigenvalue weighted by Crippen LogP contribution is -2.33. The molecule has 0 aliphatic heterocycles. The van der Waals surface area contributed by atoms with Crippen molar-refractivity contribution in [2.75, 3.05) is 0 Å². The van der Waals surface area contributed by atoms with Crippen molar-refractivity contribution >= 4 is 17.4 Å². The van der Waals surface area contributed by atoms with Crippen molar-refractivity contribution in [2.24, 2.45) is 7.05 Å². The Kier molecular flexibility index (Phi) is 3.99. The van der Waals surface area contributed by atoms with Crippen molar-refractivity contribution in [2.45, 2.75) is 27.3 Å². The Labute approximate surface area is 120 Å². The third-order valence-corrected chi connectivity index (χ3v) is 4.19. The van der Waals surface area contributed by atoms with Crippen LogP contribution < -0.4 is 10.9 Å². The van der Waals surface area contributed by atoms with Crippen molar-refractivity contribution in [1.82, 2.24) is 19.5 Å². The minimum atomic E-state index is -0.374. The molecule has 7 heteroatoms. The van der Waals surface area contributed by atoms with E-state index in [2.05, 4.69) is 14.9 Å². The van der Waals surface area contributed by atoms with Crippen LogP contribution in [0, 0.1) is 20.8 Å². The van der Waals surface area contributed by atoms with Gasteiger partial charge in [0.1, 0.15) is 5.56 Å². The van der Waals surface area contributed by atoms with Gasteiger partial charge in [-0.15, -0.1) is 5.10 Å². The number of nitrogens with zero attached hydrogens (tertiary/aromatic N) is 3. The zero-order chi connectivity index (χ0) is 14.9.